The third kappa shape index (κ3) is 2.90. The summed E-state index contributed by atoms with van der Waals surface area (Å²) in [6.45, 7) is -0.212. The van der Waals surface area contributed by atoms with Crippen molar-refractivity contribution in [1.82, 2.24) is 5.16 Å². The topological polar surface area (TPSA) is 64.7 Å². The van der Waals surface area contributed by atoms with E-state index < -0.39 is 0 Å². The summed E-state index contributed by atoms with van der Waals surface area (Å²) in [7, 11) is 3.17. The molecule has 1 N–H and O–H groups in total. The van der Waals surface area contributed by atoms with Crippen LogP contribution >= 0.6 is 15.9 Å². The first kappa shape index (κ1) is 16.5. The standard InChI is InChI=1S/C18H16BrNO4/c1-22-11-7-8-16(23-2)13(9-11)17-14(10-21)18(24-20-17)12-5-3-4-6-15(12)19/h3-9,21H,10H2,1-2H3. The third-order valence-electron chi connectivity index (χ3n) is 3.73. The predicted molar refractivity (Wildman–Crippen MR) is 94.1 cm³/mol. The molecule has 1 heterocycles. The molecule has 0 saturated heterocycles. The van der Waals surface area contributed by atoms with E-state index in [1.54, 1.807) is 32.4 Å². The predicted octanol–water partition coefficient (Wildman–Crippen LogP) is 4.28. The van der Waals surface area contributed by atoms with Gasteiger partial charge >= 0.3 is 0 Å². The van der Waals surface area contributed by atoms with Gasteiger partial charge in [0, 0.05) is 15.6 Å². The van der Waals surface area contributed by atoms with E-state index in [1.807, 2.05) is 24.3 Å². The largest absolute Gasteiger partial charge is 0.497 e. The Labute approximate surface area is 147 Å². The number of aliphatic hydroxyl groups is 1. The molecule has 0 unspecified atom stereocenters. The zero-order valence-corrected chi connectivity index (χ0v) is 14.8. The van der Waals surface area contributed by atoms with Gasteiger partial charge in [0.1, 0.15) is 17.2 Å². The van der Waals surface area contributed by atoms with Gasteiger partial charge in [-0.15, -0.1) is 0 Å². The maximum Gasteiger partial charge on any atom is 0.174 e. The molecule has 24 heavy (non-hydrogen) atoms. The zero-order valence-electron chi connectivity index (χ0n) is 13.2. The Kier molecular flexibility index (Phi) is 4.87. The van der Waals surface area contributed by atoms with Crippen molar-refractivity contribution < 1.29 is 19.1 Å². The minimum Gasteiger partial charge on any atom is -0.497 e. The average Bonchev–Trinajstić information content (AvgIpc) is 3.05. The Morgan fingerprint density at radius 1 is 1.08 bits per heavy atom. The van der Waals surface area contributed by atoms with Gasteiger partial charge in [-0.25, -0.2) is 0 Å². The third-order valence-corrected chi connectivity index (χ3v) is 4.42. The first-order valence-electron chi connectivity index (χ1n) is 7.26. The monoisotopic (exact) mass is 389 g/mol. The molecule has 0 radical (unpaired) electrons. The molecule has 3 aromatic rings. The molecular formula is C18H16BrNO4. The number of rotatable bonds is 5. The van der Waals surface area contributed by atoms with E-state index in [4.69, 9.17) is 14.0 Å². The molecule has 0 bridgehead atoms. The maximum absolute atomic E-state index is 9.90. The van der Waals surface area contributed by atoms with Crippen LogP contribution in [0.5, 0.6) is 11.5 Å². The van der Waals surface area contributed by atoms with Gasteiger partial charge in [0.25, 0.3) is 0 Å². The van der Waals surface area contributed by atoms with Gasteiger partial charge in [0.05, 0.1) is 26.4 Å². The number of hydrogen-bond acceptors (Lipinski definition) is 5. The first-order valence-corrected chi connectivity index (χ1v) is 8.05. The van der Waals surface area contributed by atoms with Crippen LogP contribution in [-0.2, 0) is 6.61 Å². The van der Waals surface area contributed by atoms with Crippen molar-refractivity contribution in [1.29, 1.82) is 0 Å². The van der Waals surface area contributed by atoms with Crippen molar-refractivity contribution in [3.63, 3.8) is 0 Å². The maximum atomic E-state index is 9.90. The molecule has 2 aromatic carbocycles. The molecule has 0 spiro atoms. The summed E-state index contributed by atoms with van der Waals surface area (Å²) in [4.78, 5) is 0. The molecule has 0 atom stereocenters. The number of aromatic nitrogens is 1. The van der Waals surface area contributed by atoms with E-state index in [-0.39, 0.29) is 6.61 Å². The van der Waals surface area contributed by atoms with Gasteiger partial charge in [0.15, 0.2) is 5.76 Å². The highest BCUT2D eigenvalue weighted by atomic mass is 79.9. The van der Waals surface area contributed by atoms with Crippen LogP contribution < -0.4 is 9.47 Å². The summed E-state index contributed by atoms with van der Waals surface area (Å²) in [6.07, 6.45) is 0. The molecular weight excluding hydrogens is 374 g/mol. The lowest BCUT2D eigenvalue weighted by Gasteiger charge is -2.09. The summed E-state index contributed by atoms with van der Waals surface area (Å²) in [5.41, 5.74) is 2.64. The number of benzene rings is 2. The van der Waals surface area contributed by atoms with Crippen molar-refractivity contribution in [2.24, 2.45) is 0 Å². The summed E-state index contributed by atoms with van der Waals surface area (Å²) in [5.74, 6) is 1.81. The van der Waals surface area contributed by atoms with Crippen LogP contribution in [-0.4, -0.2) is 24.5 Å². The van der Waals surface area contributed by atoms with Crippen LogP contribution in [0, 0.1) is 0 Å². The van der Waals surface area contributed by atoms with Crippen LogP contribution in [0.2, 0.25) is 0 Å². The smallest absolute Gasteiger partial charge is 0.174 e. The Morgan fingerprint density at radius 2 is 1.88 bits per heavy atom. The SMILES string of the molecule is COc1ccc(OC)c(-c2noc(-c3ccccc3Br)c2CO)c1. The number of aliphatic hydroxyl groups excluding tert-OH is 1. The minimum atomic E-state index is -0.212. The Hall–Kier alpha value is -2.31. The van der Waals surface area contributed by atoms with E-state index in [0.717, 1.165) is 10.0 Å². The quantitative estimate of drug-likeness (QED) is 0.705. The molecule has 0 aliphatic carbocycles. The van der Waals surface area contributed by atoms with Gasteiger partial charge in [0.2, 0.25) is 0 Å². The van der Waals surface area contributed by atoms with Crippen molar-refractivity contribution in [2.45, 2.75) is 6.61 Å². The summed E-state index contributed by atoms with van der Waals surface area (Å²) >= 11 is 3.50. The van der Waals surface area contributed by atoms with Crippen molar-refractivity contribution in [2.75, 3.05) is 14.2 Å². The Balaban J connectivity index is 2.19. The number of methoxy groups -OCH3 is 2. The van der Waals surface area contributed by atoms with Gasteiger partial charge in [-0.1, -0.05) is 33.2 Å². The highest BCUT2D eigenvalue weighted by molar-refractivity contribution is 9.10. The van der Waals surface area contributed by atoms with E-state index in [1.165, 1.54) is 0 Å². The molecule has 6 heteroatoms. The second-order valence-corrected chi connectivity index (χ2v) is 5.90. The normalized spacial score (nSPS) is 10.7. The fourth-order valence-corrected chi connectivity index (χ4v) is 2.99. The van der Waals surface area contributed by atoms with Gasteiger partial charge in [-0.3, -0.25) is 0 Å². The lowest BCUT2D eigenvalue weighted by molar-refractivity contribution is 0.281. The summed E-state index contributed by atoms with van der Waals surface area (Å²) in [5, 5.41) is 14.1. The fraction of sp³-hybridized carbons (Fsp3) is 0.167. The van der Waals surface area contributed by atoms with Crippen LogP contribution in [0.25, 0.3) is 22.6 Å². The minimum absolute atomic E-state index is 0.212. The molecule has 0 amide bonds. The molecule has 0 fully saturated rings. The highest BCUT2D eigenvalue weighted by Crippen LogP contribution is 2.40. The highest BCUT2D eigenvalue weighted by Gasteiger charge is 2.22. The average molecular weight is 390 g/mol. The van der Waals surface area contributed by atoms with Crippen LogP contribution in [0.1, 0.15) is 5.56 Å². The number of ether oxygens (including phenoxy) is 2. The van der Waals surface area contributed by atoms with Gasteiger partial charge < -0.3 is 19.1 Å². The van der Waals surface area contributed by atoms with Crippen molar-refractivity contribution in [3.05, 3.63) is 52.5 Å². The number of halogens is 1. The second-order valence-electron chi connectivity index (χ2n) is 5.04. The van der Waals surface area contributed by atoms with E-state index in [0.29, 0.717) is 34.1 Å². The van der Waals surface area contributed by atoms with Gasteiger partial charge in [-0.05, 0) is 30.3 Å². The Morgan fingerprint density at radius 3 is 2.54 bits per heavy atom. The Bertz CT molecular complexity index is 860. The lowest BCUT2D eigenvalue weighted by atomic mass is 10.0. The van der Waals surface area contributed by atoms with Gasteiger partial charge in [-0.2, -0.15) is 0 Å². The number of hydrogen-bond donors (Lipinski definition) is 1. The van der Waals surface area contributed by atoms with E-state index in [2.05, 4.69) is 21.1 Å². The second kappa shape index (κ2) is 7.07. The first-order chi connectivity index (χ1) is 11.7. The van der Waals surface area contributed by atoms with E-state index >= 15 is 0 Å². The molecule has 0 saturated carbocycles. The van der Waals surface area contributed by atoms with Crippen LogP contribution in [0.15, 0.2) is 51.5 Å². The van der Waals surface area contributed by atoms with Crippen molar-refractivity contribution in [3.8, 4) is 34.1 Å². The number of nitrogens with zero attached hydrogens (tertiary/aromatic N) is 1. The molecule has 0 aliphatic heterocycles. The zero-order chi connectivity index (χ0) is 17.1. The fourth-order valence-electron chi connectivity index (χ4n) is 2.52. The molecule has 124 valence electrons. The summed E-state index contributed by atoms with van der Waals surface area (Å²) in [6, 6.07) is 13.0. The van der Waals surface area contributed by atoms with Crippen molar-refractivity contribution >= 4 is 15.9 Å². The van der Waals surface area contributed by atoms with Crippen LogP contribution in [0.3, 0.4) is 0 Å². The molecule has 0 aliphatic rings. The molecule has 3 rings (SSSR count). The van der Waals surface area contributed by atoms with Crippen LogP contribution in [0.4, 0.5) is 0 Å². The lowest BCUT2D eigenvalue weighted by Crippen LogP contribution is -1.94. The molecule has 5 nitrogen and oxygen atoms in total. The summed E-state index contributed by atoms with van der Waals surface area (Å²) < 4.78 is 17.1. The van der Waals surface area contributed by atoms with E-state index in [9.17, 15) is 5.11 Å². The molecule has 1 aromatic heterocycles.